The van der Waals surface area contributed by atoms with Crippen LogP contribution in [-0.4, -0.2) is 46.6 Å². The van der Waals surface area contributed by atoms with Crippen molar-refractivity contribution in [2.75, 3.05) is 31.1 Å². The van der Waals surface area contributed by atoms with Crippen molar-refractivity contribution in [2.45, 2.75) is 0 Å². The van der Waals surface area contributed by atoms with Crippen molar-refractivity contribution >= 4 is 28.7 Å². The van der Waals surface area contributed by atoms with Gasteiger partial charge in [0.1, 0.15) is 5.82 Å². The van der Waals surface area contributed by atoms with Crippen LogP contribution in [0, 0.1) is 5.82 Å². The summed E-state index contributed by atoms with van der Waals surface area (Å²) < 4.78 is 14.7. The van der Waals surface area contributed by atoms with Gasteiger partial charge in [-0.2, -0.15) is 5.10 Å². The van der Waals surface area contributed by atoms with Crippen LogP contribution in [0.5, 0.6) is 0 Å². The van der Waals surface area contributed by atoms with Crippen LogP contribution in [0.25, 0.3) is 5.52 Å². The molecule has 3 heterocycles. The van der Waals surface area contributed by atoms with Gasteiger partial charge in [0, 0.05) is 38.1 Å². The normalized spacial score (nSPS) is 15.0. The number of pyridine rings is 1. The van der Waals surface area contributed by atoms with Crippen molar-refractivity contribution in [3.05, 3.63) is 65.2 Å². The Morgan fingerprint density at radius 2 is 1.76 bits per heavy atom. The maximum atomic E-state index is 13.0. The number of benzene rings is 1. The first kappa shape index (κ1) is 15.9. The Balaban J connectivity index is 1.49. The molecule has 1 aliphatic rings. The van der Waals surface area contributed by atoms with Crippen LogP contribution in [0.3, 0.4) is 0 Å². The molecule has 0 unspecified atom stereocenters. The van der Waals surface area contributed by atoms with Crippen LogP contribution >= 0.6 is 11.6 Å². The third-order valence-corrected chi connectivity index (χ3v) is 4.81. The molecule has 128 valence electrons. The molecule has 0 spiro atoms. The molecular weight excluding hydrogens is 343 g/mol. The van der Waals surface area contributed by atoms with Crippen LogP contribution in [0.1, 0.15) is 10.5 Å². The molecule has 2 aromatic heterocycles. The minimum Gasteiger partial charge on any atom is -0.368 e. The van der Waals surface area contributed by atoms with Gasteiger partial charge in [0.15, 0.2) is 5.69 Å². The second kappa shape index (κ2) is 6.37. The lowest BCUT2D eigenvalue weighted by Gasteiger charge is -2.35. The molecule has 1 fully saturated rings. The van der Waals surface area contributed by atoms with Gasteiger partial charge < -0.3 is 9.80 Å². The molecule has 0 aliphatic carbocycles. The fourth-order valence-corrected chi connectivity index (χ4v) is 3.34. The molecule has 1 amide bonds. The molecule has 0 bridgehead atoms. The van der Waals surface area contributed by atoms with Crippen LogP contribution < -0.4 is 4.90 Å². The molecule has 25 heavy (non-hydrogen) atoms. The van der Waals surface area contributed by atoms with Crippen LogP contribution in [0.2, 0.25) is 5.02 Å². The second-order valence-corrected chi connectivity index (χ2v) is 6.33. The summed E-state index contributed by atoms with van der Waals surface area (Å²) in [6.45, 7) is 2.51. The predicted octanol–water partition coefficient (Wildman–Crippen LogP) is 3.09. The number of carbonyl (C=O) groups is 1. The number of carbonyl (C=O) groups excluding carboxylic acids is 1. The summed E-state index contributed by atoms with van der Waals surface area (Å²) in [5, 5.41) is 4.69. The first-order valence-corrected chi connectivity index (χ1v) is 8.44. The molecule has 5 nitrogen and oxygen atoms in total. The van der Waals surface area contributed by atoms with E-state index in [9.17, 15) is 9.18 Å². The smallest absolute Gasteiger partial charge is 0.276 e. The lowest BCUT2D eigenvalue weighted by molar-refractivity contribution is 0.0740. The second-order valence-electron chi connectivity index (χ2n) is 5.95. The molecule has 4 rings (SSSR count). The first-order valence-electron chi connectivity index (χ1n) is 8.06. The largest absolute Gasteiger partial charge is 0.368 e. The Kier molecular flexibility index (Phi) is 4.05. The molecular formula is C18H16ClFN4O. The first-order chi connectivity index (χ1) is 12.1. The average molecular weight is 359 g/mol. The molecule has 1 aliphatic heterocycles. The Bertz CT molecular complexity index is 916. The fourth-order valence-electron chi connectivity index (χ4n) is 3.07. The fraction of sp³-hybridized carbons (Fsp3) is 0.222. The lowest BCUT2D eigenvalue weighted by atomic mass is 10.2. The van der Waals surface area contributed by atoms with Crippen molar-refractivity contribution in [1.82, 2.24) is 14.5 Å². The number of anilines is 1. The maximum Gasteiger partial charge on any atom is 0.276 e. The number of aromatic nitrogens is 2. The molecule has 0 radical (unpaired) electrons. The van der Waals surface area contributed by atoms with E-state index in [1.165, 1.54) is 12.1 Å². The zero-order valence-corrected chi connectivity index (χ0v) is 14.2. The van der Waals surface area contributed by atoms with Gasteiger partial charge in [-0.1, -0.05) is 17.7 Å². The lowest BCUT2D eigenvalue weighted by Crippen LogP contribution is -2.49. The third kappa shape index (κ3) is 2.93. The maximum absolute atomic E-state index is 13.0. The summed E-state index contributed by atoms with van der Waals surface area (Å²) in [6, 6.07) is 11.9. The summed E-state index contributed by atoms with van der Waals surface area (Å²) in [6.07, 6.45) is 1.77. The Labute approximate surface area is 149 Å². The standard InChI is InChI=1S/C18H16ClFN4O/c19-16-15-3-1-2-8-24(15)21-17(16)18(25)23-11-9-22(10-12-23)14-6-4-13(20)5-7-14/h1-8H,9-12H2. The molecule has 0 saturated carbocycles. The van der Waals surface area contributed by atoms with Crippen molar-refractivity contribution in [3.8, 4) is 0 Å². The van der Waals surface area contributed by atoms with Gasteiger partial charge in [-0.3, -0.25) is 4.79 Å². The van der Waals surface area contributed by atoms with E-state index in [1.807, 2.05) is 18.2 Å². The number of piperazine rings is 1. The minimum absolute atomic E-state index is 0.160. The molecule has 7 heteroatoms. The Morgan fingerprint density at radius 3 is 2.44 bits per heavy atom. The average Bonchev–Trinajstić information content (AvgIpc) is 2.99. The highest BCUT2D eigenvalue weighted by atomic mass is 35.5. The molecule has 0 atom stereocenters. The number of halogens is 2. The highest BCUT2D eigenvalue weighted by molar-refractivity contribution is 6.36. The van der Waals surface area contributed by atoms with Crippen molar-refractivity contribution in [3.63, 3.8) is 0 Å². The van der Waals surface area contributed by atoms with Gasteiger partial charge in [0.05, 0.1) is 10.5 Å². The quantitative estimate of drug-likeness (QED) is 0.707. The van der Waals surface area contributed by atoms with Crippen molar-refractivity contribution < 1.29 is 9.18 Å². The Hall–Kier alpha value is -2.60. The van der Waals surface area contributed by atoms with E-state index in [2.05, 4.69) is 10.00 Å². The van der Waals surface area contributed by atoms with E-state index in [-0.39, 0.29) is 17.4 Å². The van der Waals surface area contributed by atoms with Gasteiger partial charge in [0.25, 0.3) is 5.91 Å². The Morgan fingerprint density at radius 1 is 1.04 bits per heavy atom. The van der Waals surface area contributed by atoms with E-state index in [1.54, 1.807) is 27.7 Å². The highest BCUT2D eigenvalue weighted by Crippen LogP contribution is 2.24. The highest BCUT2D eigenvalue weighted by Gasteiger charge is 2.26. The number of amides is 1. The zero-order chi connectivity index (χ0) is 17.4. The van der Waals surface area contributed by atoms with E-state index in [0.717, 1.165) is 11.2 Å². The summed E-state index contributed by atoms with van der Waals surface area (Å²) in [5.41, 5.74) is 1.96. The number of hydrogen-bond donors (Lipinski definition) is 0. The van der Waals surface area contributed by atoms with Crippen molar-refractivity contribution in [2.24, 2.45) is 0 Å². The van der Waals surface area contributed by atoms with Crippen LogP contribution in [0.4, 0.5) is 10.1 Å². The molecule has 0 N–H and O–H groups in total. The topological polar surface area (TPSA) is 40.9 Å². The monoisotopic (exact) mass is 358 g/mol. The summed E-state index contributed by atoms with van der Waals surface area (Å²) >= 11 is 6.33. The van der Waals surface area contributed by atoms with E-state index < -0.39 is 0 Å². The molecule has 3 aromatic rings. The van der Waals surface area contributed by atoms with Gasteiger partial charge in [0.2, 0.25) is 0 Å². The van der Waals surface area contributed by atoms with E-state index >= 15 is 0 Å². The zero-order valence-electron chi connectivity index (χ0n) is 13.4. The third-order valence-electron chi connectivity index (χ3n) is 4.44. The van der Waals surface area contributed by atoms with Gasteiger partial charge in [-0.25, -0.2) is 8.91 Å². The van der Waals surface area contributed by atoms with Crippen molar-refractivity contribution in [1.29, 1.82) is 0 Å². The summed E-state index contributed by atoms with van der Waals surface area (Å²) in [4.78, 5) is 16.7. The van der Waals surface area contributed by atoms with Gasteiger partial charge >= 0.3 is 0 Å². The SMILES string of the molecule is O=C(c1nn2ccccc2c1Cl)N1CCN(c2ccc(F)cc2)CC1. The summed E-state index contributed by atoms with van der Waals surface area (Å²) in [7, 11) is 0. The molecule has 1 saturated heterocycles. The minimum atomic E-state index is -0.251. The van der Waals surface area contributed by atoms with E-state index in [0.29, 0.717) is 31.2 Å². The predicted molar refractivity (Wildman–Crippen MR) is 94.7 cm³/mol. The number of fused-ring (bicyclic) bond motifs is 1. The summed E-state index contributed by atoms with van der Waals surface area (Å²) in [5.74, 6) is -0.411. The van der Waals surface area contributed by atoms with E-state index in [4.69, 9.17) is 11.6 Å². The van der Waals surface area contributed by atoms with Gasteiger partial charge in [-0.15, -0.1) is 0 Å². The van der Waals surface area contributed by atoms with Gasteiger partial charge in [-0.05, 0) is 36.4 Å². The number of rotatable bonds is 2. The number of nitrogens with zero attached hydrogens (tertiary/aromatic N) is 4. The van der Waals surface area contributed by atoms with Crippen LogP contribution in [-0.2, 0) is 0 Å². The molecule has 1 aromatic carbocycles. The van der Waals surface area contributed by atoms with Crippen LogP contribution in [0.15, 0.2) is 48.7 Å². The number of hydrogen-bond acceptors (Lipinski definition) is 3.